The minimum absolute atomic E-state index is 0.0480. The highest BCUT2D eigenvalue weighted by molar-refractivity contribution is 9.10. The molecule has 3 aromatic rings. The van der Waals surface area contributed by atoms with Gasteiger partial charge in [-0.25, -0.2) is 4.39 Å². The molecule has 4 rings (SSSR count). The summed E-state index contributed by atoms with van der Waals surface area (Å²) in [5.74, 6) is -0.359. The molecule has 1 aliphatic heterocycles. The molecule has 1 atom stereocenters. The predicted octanol–water partition coefficient (Wildman–Crippen LogP) is 5.19. The number of benzene rings is 3. The van der Waals surface area contributed by atoms with Crippen molar-refractivity contribution in [1.82, 2.24) is 4.90 Å². The molecule has 29 heavy (non-hydrogen) atoms. The molecule has 0 aliphatic carbocycles. The van der Waals surface area contributed by atoms with Crippen molar-refractivity contribution in [1.29, 1.82) is 0 Å². The van der Waals surface area contributed by atoms with Gasteiger partial charge in [0.1, 0.15) is 17.2 Å². The number of aliphatic hydroxyl groups is 1. The van der Waals surface area contributed by atoms with Gasteiger partial charge in [0.2, 0.25) is 0 Å². The first-order chi connectivity index (χ1) is 14.0. The van der Waals surface area contributed by atoms with Crippen LogP contribution in [-0.4, -0.2) is 27.7 Å². The Labute approximate surface area is 178 Å². The average molecular weight is 456 g/mol. The van der Waals surface area contributed by atoms with E-state index in [0.29, 0.717) is 12.1 Å². The second-order valence-corrected chi connectivity index (χ2v) is 8.38. The van der Waals surface area contributed by atoms with E-state index in [-0.39, 0.29) is 16.3 Å². The van der Waals surface area contributed by atoms with Gasteiger partial charge in [-0.3, -0.25) is 4.90 Å². The Morgan fingerprint density at radius 2 is 1.59 bits per heavy atom. The van der Waals surface area contributed by atoms with Gasteiger partial charge in [0.25, 0.3) is 0 Å². The lowest BCUT2D eigenvalue weighted by Gasteiger charge is -2.40. The standard InChI is InChI=1S/C24H23BrFNO2/c25-20-15-22(28)17(14-21(20)26)16-27-13-7-12-23(27)24(29,18-8-3-1-4-9-18)19-10-5-2-6-11-19/h1-6,8-11,14-15,23,28-29H,7,12-13,16H2/t23-/m0/s1. The SMILES string of the molecule is Oc1cc(Br)c(F)cc1CN1CCC[C@H]1C(O)(c1ccccc1)c1ccccc1. The molecule has 0 radical (unpaired) electrons. The van der Waals surface area contributed by atoms with Crippen LogP contribution in [0.15, 0.2) is 77.3 Å². The van der Waals surface area contributed by atoms with Gasteiger partial charge in [-0.2, -0.15) is 0 Å². The van der Waals surface area contributed by atoms with E-state index in [9.17, 15) is 14.6 Å². The zero-order valence-corrected chi connectivity index (χ0v) is 17.5. The van der Waals surface area contributed by atoms with E-state index in [1.165, 1.54) is 12.1 Å². The van der Waals surface area contributed by atoms with Crippen molar-refractivity contribution in [2.45, 2.75) is 31.0 Å². The maximum Gasteiger partial charge on any atom is 0.137 e. The molecule has 0 bridgehead atoms. The van der Waals surface area contributed by atoms with E-state index >= 15 is 0 Å². The van der Waals surface area contributed by atoms with Crippen LogP contribution in [0.2, 0.25) is 0 Å². The van der Waals surface area contributed by atoms with Gasteiger partial charge in [0.05, 0.1) is 4.47 Å². The molecule has 2 N–H and O–H groups in total. The molecule has 1 saturated heterocycles. The fourth-order valence-corrected chi connectivity index (χ4v) is 4.68. The van der Waals surface area contributed by atoms with Gasteiger partial charge in [0, 0.05) is 18.2 Å². The number of phenolic OH excluding ortho intramolecular Hbond substituents is 1. The maximum absolute atomic E-state index is 14.1. The van der Waals surface area contributed by atoms with Crippen molar-refractivity contribution < 1.29 is 14.6 Å². The largest absolute Gasteiger partial charge is 0.508 e. The molecule has 0 saturated carbocycles. The van der Waals surface area contributed by atoms with Crippen molar-refractivity contribution in [3.8, 4) is 5.75 Å². The summed E-state index contributed by atoms with van der Waals surface area (Å²) in [5.41, 5.74) is 0.965. The molecular formula is C24H23BrFNO2. The summed E-state index contributed by atoms with van der Waals surface area (Å²) in [4.78, 5) is 2.14. The van der Waals surface area contributed by atoms with Crippen molar-refractivity contribution in [3.63, 3.8) is 0 Å². The highest BCUT2D eigenvalue weighted by Crippen LogP contribution is 2.41. The Balaban J connectivity index is 1.74. The molecule has 0 spiro atoms. The van der Waals surface area contributed by atoms with Gasteiger partial charge in [-0.1, -0.05) is 60.7 Å². The summed E-state index contributed by atoms with van der Waals surface area (Å²) in [6.07, 6.45) is 1.73. The number of halogens is 2. The van der Waals surface area contributed by atoms with Gasteiger partial charge in [-0.15, -0.1) is 0 Å². The van der Waals surface area contributed by atoms with Gasteiger partial charge in [-0.05, 0) is 58.6 Å². The van der Waals surface area contributed by atoms with Crippen LogP contribution in [0.4, 0.5) is 4.39 Å². The Morgan fingerprint density at radius 1 is 1.00 bits per heavy atom. The average Bonchev–Trinajstić information content (AvgIpc) is 3.21. The monoisotopic (exact) mass is 455 g/mol. The topological polar surface area (TPSA) is 43.7 Å². The number of hydrogen-bond acceptors (Lipinski definition) is 3. The van der Waals surface area contributed by atoms with Crippen LogP contribution in [-0.2, 0) is 12.1 Å². The second-order valence-electron chi connectivity index (χ2n) is 7.52. The van der Waals surface area contributed by atoms with Crippen molar-refractivity contribution in [3.05, 3.63) is 99.8 Å². The van der Waals surface area contributed by atoms with E-state index < -0.39 is 11.4 Å². The Hall–Kier alpha value is -2.21. The molecule has 1 fully saturated rings. The van der Waals surface area contributed by atoms with Gasteiger partial charge < -0.3 is 10.2 Å². The summed E-state index contributed by atoms with van der Waals surface area (Å²) in [6, 6.07) is 21.9. The number of hydrogen-bond donors (Lipinski definition) is 2. The molecule has 0 unspecified atom stereocenters. The Bertz CT molecular complexity index is 941. The van der Waals surface area contributed by atoms with Crippen molar-refractivity contribution in [2.24, 2.45) is 0 Å². The smallest absolute Gasteiger partial charge is 0.137 e. The van der Waals surface area contributed by atoms with Crippen molar-refractivity contribution >= 4 is 15.9 Å². The molecule has 1 heterocycles. The van der Waals surface area contributed by atoms with E-state index in [2.05, 4.69) is 20.8 Å². The van der Waals surface area contributed by atoms with Crippen LogP contribution in [0, 0.1) is 5.82 Å². The minimum Gasteiger partial charge on any atom is -0.508 e. The number of likely N-dealkylation sites (tertiary alicyclic amines) is 1. The lowest BCUT2D eigenvalue weighted by Crippen LogP contribution is -2.48. The third-order valence-electron chi connectivity index (χ3n) is 5.77. The van der Waals surface area contributed by atoms with Crippen LogP contribution in [0.3, 0.4) is 0 Å². The van der Waals surface area contributed by atoms with Gasteiger partial charge in [0.15, 0.2) is 0 Å². The Morgan fingerprint density at radius 3 is 2.17 bits per heavy atom. The zero-order valence-electron chi connectivity index (χ0n) is 15.9. The lowest BCUT2D eigenvalue weighted by atomic mass is 9.79. The molecule has 150 valence electrons. The first-order valence-corrected chi connectivity index (χ1v) is 10.5. The summed E-state index contributed by atoms with van der Waals surface area (Å²) in [7, 11) is 0. The fourth-order valence-electron chi connectivity index (χ4n) is 4.35. The number of phenols is 1. The second kappa shape index (κ2) is 8.27. The molecule has 0 aromatic heterocycles. The normalized spacial score (nSPS) is 17.6. The van der Waals surface area contributed by atoms with E-state index in [1.54, 1.807) is 0 Å². The van der Waals surface area contributed by atoms with Crippen LogP contribution < -0.4 is 0 Å². The van der Waals surface area contributed by atoms with Crippen LogP contribution in [0.5, 0.6) is 5.75 Å². The van der Waals surface area contributed by atoms with E-state index in [4.69, 9.17) is 0 Å². The lowest BCUT2D eigenvalue weighted by molar-refractivity contribution is -0.00674. The van der Waals surface area contributed by atoms with Crippen LogP contribution in [0.1, 0.15) is 29.5 Å². The minimum atomic E-state index is -1.21. The Kier molecular flexibility index (Phi) is 5.72. The maximum atomic E-state index is 14.1. The third-order valence-corrected chi connectivity index (χ3v) is 6.38. The predicted molar refractivity (Wildman–Crippen MR) is 115 cm³/mol. The molecule has 1 aliphatic rings. The first kappa shape index (κ1) is 20.1. The third kappa shape index (κ3) is 3.82. The number of rotatable bonds is 5. The quantitative estimate of drug-likeness (QED) is 0.555. The molecule has 3 aromatic carbocycles. The molecule has 5 heteroatoms. The first-order valence-electron chi connectivity index (χ1n) is 9.74. The fraction of sp³-hybridized carbons (Fsp3) is 0.250. The molecular weight excluding hydrogens is 433 g/mol. The van der Waals surface area contributed by atoms with Crippen LogP contribution in [0.25, 0.3) is 0 Å². The zero-order chi connectivity index (χ0) is 20.4. The van der Waals surface area contributed by atoms with Crippen molar-refractivity contribution in [2.75, 3.05) is 6.54 Å². The molecule has 0 amide bonds. The number of nitrogens with zero attached hydrogens (tertiary/aromatic N) is 1. The highest BCUT2D eigenvalue weighted by Gasteiger charge is 2.45. The summed E-state index contributed by atoms with van der Waals surface area (Å²) in [6.45, 7) is 1.13. The summed E-state index contributed by atoms with van der Waals surface area (Å²) < 4.78 is 14.3. The molecule has 3 nitrogen and oxygen atoms in total. The van der Waals surface area contributed by atoms with Crippen LogP contribution >= 0.6 is 15.9 Å². The van der Waals surface area contributed by atoms with Gasteiger partial charge >= 0.3 is 0 Å². The highest BCUT2D eigenvalue weighted by atomic mass is 79.9. The van der Waals surface area contributed by atoms with E-state index in [0.717, 1.165) is 30.5 Å². The number of aromatic hydroxyl groups is 1. The summed E-state index contributed by atoms with van der Waals surface area (Å²) in [5, 5.41) is 22.4. The summed E-state index contributed by atoms with van der Waals surface area (Å²) >= 11 is 3.11. The van der Waals surface area contributed by atoms with E-state index in [1.807, 2.05) is 60.7 Å².